The summed E-state index contributed by atoms with van der Waals surface area (Å²) >= 11 is 6.01. The third-order valence-corrected chi connectivity index (χ3v) is 8.55. The second kappa shape index (κ2) is 9.56. The highest BCUT2D eigenvalue weighted by Crippen LogP contribution is 2.32. The molecule has 0 aromatic heterocycles. The Morgan fingerprint density at radius 1 is 1.06 bits per heavy atom. The molecule has 2 heterocycles. The van der Waals surface area contributed by atoms with E-state index in [0.29, 0.717) is 10.8 Å². The number of piperazine rings is 1. The monoisotopic (exact) mass is 505 g/mol. The van der Waals surface area contributed by atoms with Gasteiger partial charge < -0.3 is 14.5 Å². The van der Waals surface area contributed by atoms with Gasteiger partial charge in [-0.1, -0.05) is 23.7 Å². The maximum atomic E-state index is 13.6. The Morgan fingerprint density at radius 2 is 1.71 bits per heavy atom. The second-order valence-electron chi connectivity index (χ2n) is 8.75. The van der Waals surface area contributed by atoms with Crippen LogP contribution < -0.4 is 4.74 Å². The normalized spacial score (nSPS) is 21.7. The molecule has 0 aliphatic carbocycles. The predicted molar refractivity (Wildman–Crippen MR) is 128 cm³/mol. The van der Waals surface area contributed by atoms with Crippen LogP contribution in [0.4, 0.5) is 0 Å². The summed E-state index contributed by atoms with van der Waals surface area (Å²) in [6.45, 7) is 3.95. The van der Waals surface area contributed by atoms with Gasteiger partial charge in [-0.2, -0.15) is 4.31 Å². The first-order valence-corrected chi connectivity index (χ1v) is 13.0. The Bertz CT molecular complexity index is 1170. The van der Waals surface area contributed by atoms with Crippen molar-refractivity contribution in [3.8, 4) is 5.75 Å². The van der Waals surface area contributed by atoms with E-state index in [4.69, 9.17) is 16.3 Å². The lowest BCUT2D eigenvalue weighted by Crippen LogP contribution is -2.72. The van der Waals surface area contributed by atoms with Crippen LogP contribution in [0.2, 0.25) is 5.02 Å². The molecular weight excluding hydrogens is 478 g/mol. The van der Waals surface area contributed by atoms with Gasteiger partial charge in [-0.05, 0) is 55.8 Å². The molecule has 8 nitrogen and oxygen atoms in total. The van der Waals surface area contributed by atoms with E-state index < -0.39 is 22.2 Å². The molecule has 10 heteroatoms. The number of methoxy groups -OCH3 is 1. The number of hydrogen-bond donors (Lipinski definition) is 0. The molecule has 2 amide bonds. The van der Waals surface area contributed by atoms with E-state index in [1.54, 1.807) is 29.2 Å². The summed E-state index contributed by atoms with van der Waals surface area (Å²) in [5, 5.41) is 0.575. The van der Waals surface area contributed by atoms with Crippen molar-refractivity contribution in [2.24, 2.45) is 0 Å². The van der Waals surface area contributed by atoms with E-state index in [9.17, 15) is 18.0 Å². The lowest BCUT2D eigenvalue weighted by molar-refractivity contribution is -0.166. The van der Waals surface area contributed by atoms with Crippen molar-refractivity contribution in [2.45, 2.75) is 49.8 Å². The van der Waals surface area contributed by atoms with Gasteiger partial charge in [0.25, 0.3) is 0 Å². The zero-order chi connectivity index (χ0) is 24.6. The smallest absolute Gasteiger partial charge is 0.246 e. The van der Waals surface area contributed by atoms with Gasteiger partial charge in [0.05, 0.1) is 18.6 Å². The number of rotatable bonds is 6. The average molecular weight is 506 g/mol. The number of carbonyl (C=O) groups is 2. The van der Waals surface area contributed by atoms with Crippen LogP contribution in [0.25, 0.3) is 0 Å². The number of carbonyl (C=O) groups excluding carboxylic acids is 2. The quantitative estimate of drug-likeness (QED) is 0.602. The summed E-state index contributed by atoms with van der Waals surface area (Å²) in [6, 6.07) is 12.3. The molecule has 34 heavy (non-hydrogen) atoms. The molecule has 2 fully saturated rings. The molecule has 2 aliphatic rings. The van der Waals surface area contributed by atoms with E-state index in [-0.39, 0.29) is 48.7 Å². The van der Waals surface area contributed by atoms with E-state index in [1.165, 1.54) is 28.4 Å². The molecule has 4 rings (SSSR count). The molecule has 2 unspecified atom stereocenters. The number of halogens is 1. The summed E-state index contributed by atoms with van der Waals surface area (Å²) in [4.78, 5) is 29.8. The van der Waals surface area contributed by atoms with Crippen molar-refractivity contribution < 1.29 is 22.7 Å². The van der Waals surface area contributed by atoms with Crippen molar-refractivity contribution in [1.82, 2.24) is 14.1 Å². The average Bonchev–Trinajstić information content (AvgIpc) is 2.81. The second-order valence-corrected chi connectivity index (χ2v) is 11.1. The first-order chi connectivity index (χ1) is 16.1. The fraction of sp³-hybridized carbons (Fsp3) is 0.417. The number of sulfonamides is 1. The highest BCUT2D eigenvalue weighted by Gasteiger charge is 2.51. The molecule has 0 spiro atoms. The minimum absolute atomic E-state index is 0.0119. The maximum absolute atomic E-state index is 13.6. The lowest BCUT2D eigenvalue weighted by Gasteiger charge is -2.52. The zero-order valence-corrected chi connectivity index (χ0v) is 20.9. The molecule has 0 N–H and O–H groups in total. The molecule has 2 saturated heterocycles. The lowest BCUT2D eigenvalue weighted by atomic mass is 9.97. The van der Waals surface area contributed by atoms with Gasteiger partial charge >= 0.3 is 0 Å². The number of fused-ring (bicyclic) bond motifs is 1. The van der Waals surface area contributed by atoms with Crippen molar-refractivity contribution in [3.63, 3.8) is 0 Å². The first-order valence-electron chi connectivity index (χ1n) is 11.2. The van der Waals surface area contributed by atoms with Gasteiger partial charge in [0, 0.05) is 30.5 Å². The molecule has 2 aliphatic heterocycles. The maximum Gasteiger partial charge on any atom is 0.246 e. The zero-order valence-electron chi connectivity index (χ0n) is 19.3. The van der Waals surface area contributed by atoms with Gasteiger partial charge in [0.2, 0.25) is 21.8 Å². The minimum Gasteiger partial charge on any atom is -0.497 e. The Kier molecular flexibility index (Phi) is 6.89. The fourth-order valence-electron chi connectivity index (χ4n) is 4.58. The number of nitrogens with zero attached hydrogens (tertiary/aromatic N) is 3. The van der Waals surface area contributed by atoms with Crippen molar-refractivity contribution in [3.05, 3.63) is 59.1 Å². The molecule has 2 aromatic carbocycles. The van der Waals surface area contributed by atoms with Crippen molar-refractivity contribution in [2.75, 3.05) is 20.2 Å². The van der Waals surface area contributed by atoms with E-state index in [0.717, 1.165) is 5.56 Å². The van der Waals surface area contributed by atoms with Gasteiger partial charge in [-0.25, -0.2) is 8.42 Å². The Balaban J connectivity index is 1.73. The topological polar surface area (TPSA) is 87.2 Å². The van der Waals surface area contributed by atoms with Gasteiger partial charge in [0.1, 0.15) is 18.0 Å². The van der Waals surface area contributed by atoms with Crippen LogP contribution >= 0.6 is 11.6 Å². The standard InChI is InChI=1S/C24H28ClN3O5S/c1-16(2)26-15-22-27(34(31,32)20-10-8-19(33-3)9-11-20)13-12-23(29)28(22)21(24(26)30)14-17-4-6-18(25)7-5-17/h4-11,16,21-22H,12-15H2,1-3H3. The van der Waals surface area contributed by atoms with Crippen LogP contribution in [0.15, 0.2) is 53.4 Å². The number of benzene rings is 2. The minimum atomic E-state index is -3.92. The Labute approximate surface area is 205 Å². The fourth-order valence-corrected chi connectivity index (χ4v) is 6.28. The van der Waals surface area contributed by atoms with E-state index in [2.05, 4.69) is 0 Å². The van der Waals surface area contributed by atoms with Gasteiger partial charge in [-0.15, -0.1) is 0 Å². The Morgan fingerprint density at radius 3 is 2.29 bits per heavy atom. The molecule has 182 valence electrons. The predicted octanol–water partition coefficient (Wildman–Crippen LogP) is 2.76. The summed E-state index contributed by atoms with van der Waals surface area (Å²) in [6.07, 6.45) is -0.499. The highest BCUT2D eigenvalue weighted by atomic mass is 35.5. The molecular formula is C24H28ClN3O5S. The van der Waals surface area contributed by atoms with E-state index >= 15 is 0 Å². The van der Waals surface area contributed by atoms with Crippen LogP contribution in [0.3, 0.4) is 0 Å². The third-order valence-electron chi connectivity index (χ3n) is 6.38. The largest absolute Gasteiger partial charge is 0.497 e. The summed E-state index contributed by atoms with van der Waals surface area (Å²) in [5.74, 6) is 0.145. The molecule has 2 aromatic rings. The summed E-state index contributed by atoms with van der Waals surface area (Å²) in [7, 11) is -2.41. The summed E-state index contributed by atoms with van der Waals surface area (Å²) in [5.41, 5.74) is 0.843. The van der Waals surface area contributed by atoms with Crippen molar-refractivity contribution in [1.29, 1.82) is 0 Å². The van der Waals surface area contributed by atoms with E-state index in [1.807, 2.05) is 26.0 Å². The van der Waals surface area contributed by atoms with Gasteiger partial charge in [0.15, 0.2) is 0 Å². The van der Waals surface area contributed by atoms with Crippen LogP contribution in [0.1, 0.15) is 25.8 Å². The van der Waals surface area contributed by atoms with Crippen LogP contribution in [-0.4, -0.2) is 72.8 Å². The van der Waals surface area contributed by atoms with Crippen molar-refractivity contribution >= 4 is 33.4 Å². The molecule has 0 radical (unpaired) electrons. The van der Waals surface area contributed by atoms with Crippen LogP contribution in [-0.2, 0) is 26.0 Å². The highest BCUT2D eigenvalue weighted by molar-refractivity contribution is 7.89. The summed E-state index contributed by atoms with van der Waals surface area (Å²) < 4.78 is 33.8. The van der Waals surface area contributed by atoms with Crippen LogP contribution in [0, 0.1) is 0 Å². The molecule has 0 saturated carbocycles. The first kappa shape index (κ1) is 24.5. The SMILES string of the molecule is COc1ccc(S(=O)(=O)N2CCC(=O)N3C(Cc4ccc(Cl)cc4)C(=O)N(C(C)C)CC32)cc1. The third kappa shape index (κ3) is 4.52. The molecule has 2 atom stereocenters. The van der Waals surface area contributed by atoms with Gasteiger partial charge in [-0.3, -0.25) is 9.59 Å². The number of ether oxygens (including phenoxy) is 1. The number of hydrogen-bond acceptors (Lipinski definition) is 5. The molecule has 0 bridgehead atoms. The number of amides is 2. The van der Waals surface area contributed by atoms with Crippen LogP contribution in [0.5, 0.6) is 5.75 Å². The Hall–Kier alpha value is -2.62.